The molecule has 0 aliphatic rings. The van der Waals surface area contributed by atoms with Gasteiger partial charge in [-0.25, -0.2) is 0 Å². The first-order chi connectivity index (χ1) is 9.47. The number of nitrogens with one attached hydrogen (secondary N) is 2. The molecule has 1 aromatic rings. The van der Waals surface area contributed by atoms with Gasteiger partial charge in [-0.05, 0) is 38.5 Å². The molecule has 108 valence electrons. The van der Waals surface area contributed by atoms with Crippen LogP contribution in [0.2, 0.25) is 5.02 Å². The van der Waals surface area contributed by atoms with E-state index in [9.17, 15) is 4.79 Å². The molecule has 4 nitrogen and oxygen atoms in total. The lowest BCUT2D eigenvalue weighted by molar-refractivity contribution is -0.122. The molecule has 0 aliphatic carbocycles. The van der Waals surface area contributed by atoms with Crippen LogP contribution in [0.1, 0.15) is 39.2 Å². The summed E-state index contributed by atoms with van der Waals surface area (Å²) in [7, 11) is 0. The van der Waals surface area contributed by atoms with Crippen LogP contribution in [0.3, 0.4) is 0 Å². The van der Waals surface area contributed by atoms with Gasteiger partial charge in [0.2, 0.25) is 5.91 Å². The second-order valence-electron chi connectivity index (χ2n) is 4.87. The Bertz CT molecular complexity index is 510. The van der Waals surface area contributed by atoms with Gasteiger partial charge in [0.1, 0.15) is 6.04 Å². The zero-order valence-electron chi connectivity index (χ0n) is 12.0. The summed E-state index contributed by atoms with van der Waals surface area (Å²) in [5.74, 6) is -0.0635. The van der Waals surface area contributed by atoms with Crippen LogP contribution in [0.5, 0.6) is 0 Å². The third-order valence-electron chi connectivity index (χ3n) is 2.97. The average Bonchev–Trinajstić information content (AvgIpc) is 2.41. The van der Waals surface area contributed by atoms with Gasteiger partial charge in [0.05, 0.1) is 22.3 Å². The fraction of sp³-hybridized carbons (Fsp3) is 0.467. The summed E-state index contributed by atoms with van der Waals surface area (Å²) < 4.78 is 0. The van der Waals surface area contributed by atoms with Gasteiger partial charge >= 0.3 is 0 Å². The van der Waals surface area contributed by atoms with E-state index in [2.05, 4.69) is 17.6 Å². The molecule has 1 aromatic carbocycles. The molecule has 2 unspecified atom stereocenters. The van der Waals surface area contributed by atoms with Gasteiger partial charge < -0.3 is 10.6 Å². The first kappa shape index (κ1) is 16.3. The van der Waals surface area contributed by atoms with Gasteiger partial charge in [0.25, 0.3) is 0 Å². The molecule has 0 aromatic heterocycles. The van der Waals surface area contributed by atoms with E-state index in [1.165, 1.54) is 0 Å². The summed E-state index contributed by atoms with van der Waals surface area (Å²) >= 11 is 6.07. The molecule has 1 rings (SSSR count). The molecule has 0 spiro atoms. The normalized spacial score (nSPS) is 13.2. The molecule has 0 radical (unpaired) electrons. The highest BCUT2D eigenvalue weighted by Crippen LogP contribution is 2.23. The monoisotopic (exact) mass is 293 g/mol. The van der Waals surface area contributed by atoms with Crippen molar-refractivity contribution in [1.82, 2.24) is 5.32 Å². The fourth-order valence-electron chi connectivity index (χ4n) is 1.87. The van der Waals surface area contributed by atoms with Gasteiger partial charge in [0, 0.05) is 6.04 Å². The van der Waals surface area contributed by atoms with E-state index in [0.29, 0.717) is 16.3 Å². The molecule has 2 N–H and O–H groups in total. The minimum Gasteiger partial charge on any atom is -0.373 e. The standard InChI is InChI=1S/C15H20ClN3O/c1-4-5-10(2)18-15(20)11(3)19-14-7-6-12(9-17)8-13(14)16/h6-8,10-11,19H,4-5H2,1-3H3,(H,18,20). The van der Waals surface area contributed by atoms with E-state index in [0.717, 1.165) is 12.8 Å². The van der Waals surface area contributed by atoms with E-state index in [-0.39, 0.29) is 18.0 Å². The number of anilines is 1. The van der Waals surface area contributed by atoms with Crippen LogP contribution < -0.4 is 10.6 Å². The highest BCUT2D eigenvalue weighted by Gasteiger charge is 2.15. The van der Waals surface area contributed by atoms with Crippen molar-refractivity contribution in [3.8, 4) is 6.07 Å². The largest absolute Gasteiger partial charge is 0.373 e. The molecular weight excluding hydrogens is 274 g/mol. The molecule has 5 heteroatoms. The minimum atomic E-state index is -0.389. The number of rotatable bonds is 6. The first-order valence-electron chi connectivity index (χ1n) is 6.74. The van der Waals surface area contributed by atoms with Crippen LogP contribution in [0, 0.1) is 11.3 Å². The van der Waals surface area contributed by atoms with Gasteiger partial charge in [-0.1, -0.05) is 24.9 Å². The van der Waals surface area contributed by atoms with Crippen molar-refractivity contribution in [2.45, 2.75) is 45.7 Å². The molecule has 0 aliphatic heterocycles. The van der Waals surface area contributed by atoms with Crippen LogP contribution in [0.4, 0.5) is 5.69 Å². The van der Waals surface area contributed by atoms with Crippen LogP contribution in [0.25, 0.3) is 0 Å². The van der Waals surface area contributed by atoms with Crippen LogP contribution >= 0.6 is 11.6 Å². The van der Waals surface area contributed by atoms with E-state index in [4.69, 9.17) is 16.9 Å². The molecule has 0 fully saturated rings. The zero-order valence-corrected chi connectivity index (χ0v) is 12.8. The highest BCUT2D eigenvalue weighted by molar-refractivity contribution is 6.33. The van der Waals surface area contributed by atoms with E-state index >= 15 is 0 Å². The third kappa shape index (κ3) is 4.75. The summed E-state index contributed by atoms with van der Waals surface area (Å²) in [5, 5.41) is 15.2. The zero-order chi connectivity index (χ0) is 15.1. The SMILES string of the molecule is CCCC(C)NC(=O)C(C)Nc1ccc(C#N)cc1Cl. The summed E-state index contributed by atoms with van der Waals surface area (Å²) in [5.41, 5.74) is 1.14. The van der Waals surface area contributed by atoms with E-state index in [1.807, 2.05) is 13.0 Å². The molecule has 20 heavy (non-hydrogen) atoms. The second kappa shape index (κ2) is 7.76. The lowest BCUT2D eigenvalue weighted by atomic mass is 10.1. The number of nitriles is 1. The van der Waals surface area contributed by atoms with Crippen LogP contribution in [0.15, 0.2) is 18.2 Å². The first-order valence-corrected chi connectivity index (χ1v) is 7.12. The number of nitrogens with zero attached hydrogens (tertiary/aromatic N) is 1. The van der Waals surface area contributed by atoms with Crippen molar-refractivity contribution < 1.29 is 4.79 Å². The predicted molar refractivity (Wildman–Crippen MR) is 81.8 cm³/mol. The number of carbonyl (C=O) groups excluding carboxylic acids is 1. The van der Waals surface area contributed by atoms with Crippen LogP contribution in [-0.4, -0.2) is 18.0 Å². The number of hydrogen-bond acceptors (Lipinski definition) is 3. The molecule has 0 saturated carbocycles. The van der Waals surface area contributed by atoms with Crippen molar-refractivity contribution in [1.29, 1.82) is 5.26 Å². The van der Waals surface area contributed by atoms with Gasteiger partial charge in [-0.2, -0.15) is 5.26 Å². The van der Waals surface area contributed by atoms with Crippen LogP contribution in [-0.2, 0) is 4.79 Å². The average molecular weight is 294 g/mol. The van der Waals surface area contributed by atoms with Crippen molar-refractivity contribution in [2.75, 3.05) is 5.32 Å². The summed E-state index contributed by atoms with van der Waals surface area (Å²) in [6.45, 7) is 5.85. The number of benzene rings is 1. The Balaban J connectivity index is 2.64. The van der Waals surface area contributed by atoms with Gasteiger partial charge in [0.15, 0.2) is 0 Å². The molecular formula is C15H20ClN3O. The molecule has 1 amide bonds. The van der Waals surface area contributed by atoms with Crippen molar-refractivity contribution in [3.63, 3.8) is 0 Å². The van der Waals surface area contributed by atoms with E-state index < -0.39 is 0 Å². The lowest BCUT2D eigenvalue weighted by Gasteiger charge is -2.19. The Morgan fingerprint density at radius 1 is 1.45 bits per heavy atom. The Kier molecular flexibility index (Phi) is 6.33. The Labute approximate surface area is 125 Å². The maximum atomic E-state index is 12.0. The summed E-state index contributed by atoms with van der Waals surface area (Å²) in [4.78, 5) is 12.0. The molecule has 0 heterocycles. The smallest absolute Gasteiger partial charge is 0.242 e. The number of hydrogen-bond donors (Lipinski definition) is 2. The molecule has 0 saturated heterocycles. The summed E-state index contributed by atoms with van der Waals surface area (Å²) in [6.07, 6.45) is 1.99. The van der Waals surface area contributed by atoms with Crippen molar-refractivity contribution in [3.05, 3.63) is 28.8 Å². The number of carbonyl (C=O) groups is 1. The fourth-order valence-corrected chi connectivity index (χ4v) is 2.11. The molecule has 2 atom stereocenters. The molecule has 0 bridgehead atoms. The minimum absolute atomic E-state index is 0.0635. The van der Waals surface area contributed by atoms with Gasteiger partial charge in [-0.3, -0.25) is 4.79 Å². The Hall–Kier alpha value is -1.73. The topological polar surface area (TPSA) is 64.9 Å². The van der Waals surface area contributed by atoms with Gasteiger partial charge in [-0.15, -0.1) is 0 Å². The van der Waals surface area contributed by atoms with Crippen molar-refractivity contribution >= 4 is 23.2 Å². The summed E-state index contributed by atoms with van der Waals surface area (Å²) in [6, 6.07) is 6.74. The van der Waals surface area contributed by atoms with E-state index in [1.54, 1.807) is 25.1 Å². The second-order valence-corrected chi connectivity index (χ2v) is 5.28. The lowest BCUT2D eigenvalue weighted by Crippen LogP contribution is -2.42. The highest BCUT2D eigenvalue weighted by atomic mass is 35.5. The Morgan fingerprint density at radius 3 is 2.70 bits per heavy atom. The third-order valence-corrected chi connectivity index (χ3v) is 3.29. The Morgan fingerprint density at radius 2 is 2.15 bits per heavy atom. The quantitative estimate of drug-likeness (QED) is 0.845. The number of amides is 1. The van der Waals surface area contributed by atoms with Crippen molar-refractivity contribution in [2.24, 2.45) is 0 Å². The number of halogens is 1. The maximum absolute atomic E-state index is 12.0. The predicted octanol–water partition coefficient (Wildman–Crippen LogP) is 3.32. The maximum Gasteiger partial charge on any atom is 0.242 e.